The van der Waals surface area contributed by atoms with E-state index in [9.17, 15) is 14.9 Å². The Bertz CT molecular complexity index is 1080. The van der Waals surface area contributed by atoms with Crippen LogP contribution >= 0.6 is 0 Å². The van der Waals surface area contributed by atoms with Gasteiger partial charge in [-0.25, -0.2) is 4.68 Å². The normalized spacial score (nSPS) is 14.2. The van der Waals surface area contributed by atoms with Crippen molar-refractivity contribution in [2.45, 2.75) is 6.42 Å². The van der Waals surface area contributed by atoms with Gasteiger partial charge in [0.15, 0.2) is 5.69 Å². The van der Waals surface area contributed by atoms with Gasteiger partial charge in [0.05, 0.1) is 17.7 Å². The summed E-state index contributed by atoms with van der Waals surface area (Å²) in [5.74, 6) is 0.676. The molecule has 1 saturated heterocycles. The lowest BCUT2D eigenvalue weighted by molar-refractivity contribution is -0.384. The molecule has 31 heavy (non-hydrogen) atoms. The molecule has 0 bridgehead atoms. The Kier molecular flexibility index (Phi) is 5.83. The average Bonchev–Trinajstić information content (AvgIpc) is 3.17. The lowest BCUT2D eigenvalue weighted by atomic mass is 10.2. The van der Waals surface area contributed by atoms with E-state index < -0.39 is 4.92 Å². The van der Waals surface area contributed by atoms with E-state index in [0.29, 0.717) is 24.5 Å². The number of amides is 1. The van der Waals surface area contributed by atoms with E-state index in [1.165, 1.54) is 16.8 Å². The van der Waals surface area contributed by atoms with Gasteiger partial charge < -0.3 is 14.5 Å². The van der Waals surface area contributed by atoms with Crippen LogP contribution in [0.15, 0.2) is 60.8 Å². The molecule has 1 aliphatic rings. The third-order valence-corrected chi connectivity index (χ3v) is 5.33. The van der Waals surface area contributed by atoms with Crippen LogP contribution in [-0.4, -0.2) is 58.8 Å². The van der Waals surface area contributed by atoms with Crippen molar-refractivity contribution in [3.05, 3.63) is 76.6 Å². The minimum Gasteiger partial charge on any atom is -0.497 e. The maximum Gasteiger partial charge on any atom is 0.274 e. The van der Waals surface area contributed by atoms with Gasteiger partial charge >= 0.3 is 0 Å². The number of anilines is 1. The second-order valence-electron chi connectivity index (χ2n) is 7.25. The number of rotatable bonds is 5. The maximum atomic E-state index is 13.0. The molecule has 9 heteroatoms. The molecule has 0 saturated carbocycles. The molecule has 1 aliphatic heterocycles. The molecule has 1 aromatic heterocycles. The van der Waals surface area contributed by atoms with Gasteiger partial charge in [-0.1, -0.05) is 6.07 Å². The van der Waals surface area contributed by atoms with Gasteiger partial charge in [-0.3, -0.25) is 14.9 Å². The quantitative estimate of drug-likeness (QED) is 0.464. The lowest BCUT2D eigenvalue weighted by Crippen LogP contribution is -2.35. The summed E-state index contributed by atoms with van der Waals surface area (Å²) in [6, 6.07) is 15.7. The highest BCUT2D eigenvalue weighted by Gasteiger charge is 2.22. The van der Waals surface area contributed by atoms with E-state index in [4.69, 9.17) is 4.74 Å². The first-order valence-corrected chi connectivity index (χ1v) is 10.0. The van der Waals surface area contributed by atoms with Crippen LogP contribution in [0.25, 0.3) is 5.69 Å². The fourth-order valence-electron chi connectivity index (χ4n) is 3.66. The first-order chi connectivity index (χ1) is 15.0. The second-order valence-corrected chi connectivity index (χ2v) is 7.25. The molecule has 0 unspecified atom stereocenters. The minimum absolute atomic E-state index is 0.0213. The van der Waals surface area contributed by atoms with Crippen LogP contribution in [0.4, 0.5) is 11.4 Å². The number of nitro groups is 1. The van der Waals surface area contributed by atoms with Crippen molar-refractivity contribution >= 4 is 17.3 Å². The van der Waals surface area contributed by atoms with Crippen LogP contribution < -0.4 is 9.64 Å². The molecular weight excluding hydrogens is 398 g/mol. The SMILES string of the molecule is COc1ccc(N2CCCN(C(=O)c3ccn(-c4cccc([N+](=O)[O-])c4)n3)CC2)cc1. The number of benzene rings is 2. The molecule has 0 N–H and O–H groups in total. The Hall–Kier alpha value is -3.88. The summed E-state index contributed by atoms with van der Waals surface area (Å²) in [6.45, 7) is 2.82. The zero-order chi connectivity index (χ0) is 21.8. The predicted molar refractivity (Wildman–Crippen MR) is 116 cm³/mol. The molecule has 160 valence electrons. The molecule has 1 amide bonds. The largest absolute Gasteiger partial charge is 0.497 e. The Labute approximate surface area is 179 Å². The molecule has 3 aromatic rings. The highest BCUT2D eigenvalue weighted by Crippen LogP contribution is 2.21. The number of aromatic nitrogens is 2. The van der Waals surface area contributed by atoms with Crippen LogP contribution in [-0.2, 0) is 0 Å². The van der Waals surface area contributed by atoms with Crippen molar-refractivity contribution < 1.29 is 14.5 Å². The van der Waals surface area contributed by atoms with Gasteiger partial charge in [0.1, 0.15) is 5.75 Å². The van der Waals surface area contributed by atoms with Gasteiger partial charge in [0, 0.05) is 50.2 Å². The van der Waals surface area contributed by atoms with Crippen molar-refractivity contribution in [3.63, 3.8) is 0 Å². The number of carbonyl (C=O) groups excluding carboxylic acids is 1. The van der Waals surface area contributed by atoms with Gasteiger partial charge in [-0.05, 0) is 42.8 Å². The Morgan fingerprint density at radius 1 is 1.03 bits per heavy atom. The average molecular weight is 421 g/mol. The summed E-state index contributed by atoms with van der Waals surface area (Å²) in [5, 5.41) is 15.4. The van der Waals surface area contributed by atoms with Crippen LogP contribution in [0.5, 0.6) is 5.75 Å². The summed E-state index contributed by atoms with van der Waals surface area (Å²) in [4.78, 5) is 27.6. The van der Waals surface area contributed by atoms with Crippen molar-refractivity contribution in [3.8, 4) is 11.4 Å². The molecule has 2 aromatic carbocycles. The number of hydrogen-bond acceptors (Lipinski definition) is 6. The fourth-order valence-corrected chi connectivity index (χ4v) is 3.66. The number of methoxy groups -OCH3 is 1. The standard InChI is InChI=1S/C22H23N5O4/c1-31-20-8-6-17(7-9-20)24-11-3-12-25(15-14-24)22(28)21-10-13-26(23-21)18-4-2-5-19(16-18)27(29)30/h2,4-10,13,16H,3,11-12,14-15H2,1H3. The Morgan fingerprint density at radius 3 is 2.58 bits per heavy atom. The highest BCUT2D eigenvalue weighted by atomic mass is 16.6. The zero-order valence-corrected chi connectivity index (χ0v) is 17.2. The molecule has 0 radical (unpaired) electrons. The Morgan fingerprint density at radius 2 is 1.84 bits per heavy atom. The molecule has 9 nitrogen and oxygen atoms in total. The fraction of sp³-hybridized carbons (Fsp3) is 0.273. The van der Waals surface area contributed by atoms with Crippen molar-refractivity contribution in [2.24, 2.45) is 0 Å². The number of carbonyl (C=O) groups is 1. The van der Waals surface area contributed by atoms with Crippen molar-refractivity contribution in [2.75, 3.05) is 38.2 Å². The number of nitrogens with zero attached hydrogens (tertiary/aromatic N) is 5. The monoisotopic (exact) mass is 421 g/mol. The third kappa shape index (κ3) is 4.50. The second kappa shape index (κ2) is 8.86. The van der Waals surface area contributed by atoms with E-state index in [0.717, 1.165) is 30.9 Å². The van der Waals surface area contributed by atoms with Crippen LogP contribution in [0, 0.1) is 10.1 Å². The van der Waals surface area contributed by atoms with Crippen molar-refractivity contribution in [1.82, 2.24) is 14.7 Å². The minimum atomic E-state index is -0.454. The molecule has 0 atom stereocenters. The number of hydrogen-bond donors (Lipinski definition) is 0. The molecule has 4 rings (SSSR count). The van der Waals surface area contributed by atoms with Gasteiger partial charge in [0.25, 0.3) is 11.6 Å². The third-order valence-electron chi connectivity index (χ3n) is 5.33. The molecule has 0 spiro atoms. The number of ether oxygens (including phenoxy) is 1. The highest BCUT2D eigenvalue weighted by molar-refractivity contribution is 5.92. The van der Waals surface area contributed by atoms with E-state index in [1.807, 2.05) is 29.2 Å². The number of non-ortho nitro benzene ring substituents is 1. The van der Waals surface area contributed by atoms with Crippen LogP contribution in [0.2, 0.25) is 0 Å². The summed E-state index contributed by atoms with van der Waals surface area (Å²) in [7, 11) is 1.64. The summed E-state index contributed by atoms with van der Waals surface area (Å²) in [5.41, 5.74) is 1.94. The maximum absolute atomic E-state index is 13.0. The molecule has 2 heterocycles. The van der Waals surface area contributed by atoms with E-state index >= 15 is 0 Å². The van der Waals surface area contributed by atoms with Crippen LogP contribution in [0.3, 0.4) is 0 Å². The summed E-state index contributed by atoms with van der Waals surface area (Å²) in [6.07, 6.45) is 2.50. The molecular formula is C22H23N5O4. The lowest BCUT2D eigenvalue weighted by Gasteiger charge is -2.23. The van der Waals surface area contributed by atoms with E-state index in [1.54, 1.807) is 31.5 Å². The zero-order valence-electron chi connectivity index (χ0n) is 17.2. The first kappa shape index (κ1) is 20.4. The first-order valence-electron chi connectivity index (χ1n) is 10.0. The summed E-state index contributed by atoms with van der Waals surface area (Å²) < 4.78 is 6.71. The van der Waals surface area contributed by atoms with Gasteiger partial charge in [-0.15, -0.1) is 0 Å². The molecule has 1 fully saturated rings. The van der Waals surface area contributed by atoms with E-state index in [-0.39, 0.29) is 11.6 Å². The van der Waals surface area contributed by atoms with Crippen molar-refractivity contribution in [1.29, 1.82) is 0 Å². The van der Waals surface area contributed by atoms with Crippen LogP contribution in [0.1, 0.15) is 16.9 Å². The van der Waals surface area contributed by atoms with E-state index in [2.05, 4.69) is 10.00 Å². The number of nitro benzene ring substituents is 1. The van der Waals surface area contributed by atoms with Gasteiger partial charge in [-0.2, -0.15) is 5.10 Å². The topological polar surface area (TPSA) is 93.7 Å². The Balaban J connectivity index is 1.44. The predicted octanol–water partition coefficient (Wildman–Crippen LogP) is 3.14. The smallest absolute Gasteiger partial charge is 0.274 e. The summed E-state index contributed by atoms with van der Waals surface area (Å²) >= 11 is 0. The van der Waals surface area contributed by atoms with Gasteiger partial charge in [0.2, 0.25) is 0 Å². The molecule has 0 aliphatic carbocycles.